The van der Waals surface area contributed by atoms with Gasteiger partial charge < -0.3 is 5.43 Å². The normalized spacial score (nSPS) is 40.0. The standard InChI is InChI=1S/C17H17N5O2/c1-8-11-12(8)15-13-10(7-18-19-13)14(11)21-16(23)20(17(24)22(15)21)9-5-3-2-4-6-9/h2-8,10-15,19H,1H3. The molecule has 7 unspecified atom stereocenters. The topological polar surface area (TPSA) is 73.3 Å². The molecular formula is C17H17N5O2. The van der Waals surface area contributed by atoms with E-state index in [1.165, 1.54) is 4.57 Å². The molecule has 2 aliphatic carbocycles. The zero-order valence-electron chi connectivity index (χ0n) is 13.1. The Morgan fingerprint density at radius 3 is 2.42 bits per heavy atom. The number of para-hydroxylation sites is 1. The highest BCUT2D eigenvalue weighted by Crippen LogP contribution is 2.67. The van der Waals surface area contributed by atoms with Crippen molar-refractivity contribution in [2.24, 2.45) is 28.8 Å². The van der Waals surface area contributed by atoms with Gasteiger partial charge in [0.15, 0.2) is 0 Å². The minimum Gasteiger partial charge on any atom is -0.304 e. The fourth-order valence-electron chi connectivity index (χ4n) is 5.55. The summed E-state index contributed by atoms with van der Waals surface area (Å²) in [6.07, 6.45) is 1.93. The summed E-state index contributed by atoms with van der Waals surface area (Å²) in [7, 11) is 0. The number of hydrogen-bond donors (Lipinski definition) is 1. The van der Waals surface area contributed by atoms with E-state index < -0.39 is 0 Å². The van der Waals surface area contributed by atoms with E-state index in [0.717, 1.165) is 0 Å². The molecule has 1 aromatic heterocycles. The van der Waals surface area contributed by atoms with E-state index in [1.807, 2.05) is 24.4 Å². The summed E-state index contributed by atoms with van der Waals surface area (Å²) >= 11 is 0. The molecule has 1 N–H and O–H groups in total. The Morgan fingerprint density at radius 1 is 1.00 bits per heavy atom. The summed E-state index contributed by atoms with van der Waals surface area (Å²) < 4.78 is 4.76. The zero-order valence-corrected chi connectivity index (χ0v) is 13.1. The predicted molar refractivity (Wildman–Crippen MR) is 87.4 cm³/mol. The quantitative estimate of drug-likeness (QED) is 0.824. The number of hydrazone groups is 1. The molecule has 0 radical (unpaired) electrons. The summed E-state index contributed by atoms with van der Waals surface area (Å²) in [5, 5.41) is 4.24. The van der Waals surface area contributed by atoms with Gasteiger partial charge >= 0.3 is 11.4 Å². The van der Waals surface area contributed by atoms with Gasteiger partial charge in [-0.15, -0.1) is 0 Å². The lowest BCUT2D eigenvalue weighted by molar-refractivity contribution is 0.0658. The van der Waals surface area contributed by atoms with Crippen LogP contribution in [0.3, 0.4) is 0 Å². The Kier molecular flexibility index (Phi) is 2.08. The van der Waals surface area contributed by atoms with E-state index in [9.17, 15) is 9.59 Å². The van der Waals surface area contributed by atoms with Gasteiger partial charge in [-0.05, 0) is 29.9 Å². The number of hydrogen-bond acceptors (Lipinski definition) is 4. The van der Waals surface area contributed by atoms with Crippen LogP contribution in [-0.4, -0.2) is 26.2 Å². The molecule has 1 aromatic carbocycles. The van der Waals surface area contributed by atoms with Crippen molar-refractivity contribution in [3.05, 3.63) is 51.3 Å². The third-order valence-corrected chi connectivity index (χ3v) is 6.54. The van der Waals surface area contributed by atoms with Crippen molar-refractivity contribution in [3.63, 3.8) is 0 Å². The second-order valence-corrected chi connectivity index (χ2v) is 7.43. The lowest BCUT2D eigenvalue weighted by Crippen LogP contribution is -2.57. The maximum Gasteiger partial charge on any atom is 0.352 e. The molecule has 7 nitrogen and oxygen atoms in total. The summed E-state index contributed by atoms with van der Waals surface area (Å²) in [6, 6.07) is 9.36. The fourth-order valence-corrected chi connectivity index (χ4v) is 5.55. The van der Waals surface area contributed by atoms with Crippen LogP contribution in [0.25, 0.3) is 5.69 Å². The molecule has 7 heteroatoms. The number of rotatable bonds is 1. The minimum absolute atomic E-state index is 0.00709. The van der Waals surface area contributed by atoms with Gasteiger partial charge in [0.2, 0.25) is 0 Å². The highest BCUT2D eigenvalue weighted by atomic mass is 16.2. The lowest BCUT2D eigenvalue weighted by Gasteiger charge is -2.44. The summed E-state index contributed by atoms with van der Waals surface area (Å²) in [4.78, 5) is 26.2. The molecule has 2 bridgehead atoms. The third kappa shape index (κ3) is 1.22. The first-order valence-corrected chi connectivity index (χ1v) is 8.50. The van der Waals surface area contributed by atoms with Crippen molar-refractivity contribution >= 4 is 6.21 Å². The van der Waals surface area contributed by atoms with Crippen molar-refractivity contribution in [3.8, 4) is 5.69 Å². The second-order valence-electron chi connectivity index (χ2n) is 7.43. The molecule has 2 saturated carbocycles. The van der Waals surface area contributed by atoms with E-state index >= 15 is 0 Å². The van der Waals surface area contributed by atoms with Crippen molar-refractivity contribution in [1.29, 1.82) is 0 Å². The van der Waals surface area contributed by atoms with E-state index in [1.54, 1.807) is 21.5 Å². The zero-order chi connectivity index (χ0) is 16.2. The van der Waals surface area contributed by atoms with Crippen molar-refractivity contribution in [2.45, 2.75) is 25.0 Å². The van der Waals surface area contributed by atoms with Gasteiger partial charge in [0.05, 0.1) is 23.8 Å². The van der Waals surface area contributed by atoms with Crippen LogP contribution < -0.4 is 16.8 Å². The first kappa shape index (κ1) is 12.8. The average molecular weight is 323 g/mol. The molecule has 122 valence electrons. The van der Waals surface area contributed by atoms with E-state index in [0.29, 0.717) is 23.4 Å². The van der Waals surface area contributed by atoms with Crippen LogP contribution in [0.5, 0.6) is 0 Å². The summed E-state index contributed by atoms with van der Waals surface area (Å²) in [5.41, 5.74) is 3.37. The van der Waals surface area contributed by atoms with Crippen LogP contribution in [0.15, 0.2) is 45.0 Å². The largest absolute Gasteiger partial charge is 0.352 e. The Labute approximate surface area is 137 Å². The van der Waals surface area contributed by atoms with Crippen LogP contribution in [-0.2, 0) is 0 Å². The molecular weight excluding hydrogens is 306 g/mol. The Morgan fingerprint density at radius 2 is 1.67 bits per heavy atom. The van der Waals surface area contributed by atoms with Gasteiger partial charge in [-0.2, -0.15) is 5.10 Å². The highest BCUT2D eigenvalue weighted by molar-refractivity contribution is 5.66. The Hall–Kier alpha value is -2.57. The van der Waals surface area contributed by atoms with Crippen molar-refractivity contribution in [1.82, 2.24) is 19.4 Å². The van der Waals surface area contributed by atoms with E-state index in [2.05, 4.69) is 17.5 Å². The number of nitrogens with zero attached hydrogens (tertiary/aromatic N) is 4. The lowest BCUT2D eigenvalue weighted by atomic mass is 9.77. The molecule has 2 aromatic rings. The molecule has 2 fully saturated rings. The van der Waals surface area contributed by atoms with Crippen molar-refractivity contribution < 1.29 is 0 Å². The van der Waals surface area contributed by atoms with Gasteiger partial charge in [0.25, 0.3) is 0 Å². The number of benzene rings is 1. The average Bonchev–Trinajstić information content (AvgIpc) is 2.97. The Balaban J connectivity index is 1.66. The van der Waals surface area contributed by atoms with Crippen LogP contribution in [0, 0.1) is 23.7 Å². The first-order chi connectivity index (χ1) is 11.7. The minimum atomic E-state index is -0.231. The van der Waals surface area contributed by atoms with Crippen LogP contribution in [0.1, 0.15) is 19.0 Å². The summed E-state index contributed by atoms with van der Waals surface area (Å²) in [5.74, 6) is 1.70. The van der Waals surface area contributed by atoms with Gasteiger partial charge in [-0.25, -0.2) is 23.5 Å². The van der Waals surface area contributed by atoms with Crippen molar-refractivity contribution in [2.75, 3.05) is 0 Å². The highest BCUT2D eigenvalue weighted by Gasteiger charge is 2.70. The molecule has 4 heterocycles. The summed E-state index contributed by atoms with van der Waals surface area (Å²) in [6.45, 7) is 2.24. The molecule has 0 amide bonds. The van der Waals surface area contributed by atoms with Gasteiger partial charge in [0, 0.05) is 12.1 Å². The molecule has 5 aliphatic rings. The molecule has 7 rings (SSSR count). The molecule has 3 aliphatic heterocycles. The van der Waals surface area contributed by atoms with Gasteiger partial charge in [-0.3, -0.25) is 0 Å². The van der Waals surface area contributed by atoms with Gasteiger partial charge in [-0.1, -0.05) is 25.1 Å². The maximum absolute atomic E-state index is 13.1. The SMILES string of the molecule is CC1C2C1C1C3NN=CC3C2n2c(=O)n(-c3ccccc3)c(=O)n21. The van der Waals surface area contributed by atoms with Crippen LogP contribution in [0.4, 0.5) is 0 Å². The smallest absolute Gasteiger partial charge is 0.304 e. The number of nitrogens with one attached hydrogen (secondary N) is 1. The monoisotopic (exact) mass is 323 g/mol. The fraction of sp³-hybridized carbons (Fsp3) is 0.471. The maximum atomic E-state index is 13.1. The molecule has 7 atom stereocenters. The van der Waals surface area contributed by atoms with E-state index in [-0.39, 0.29) is 35.4 Å². The van der Waals surface area contributed by atoms with Crippen LogP contribution >= 0.6 is 0 Å². The predicted octanol–water partition coefficient (Wildman–Crippen LogP) is 0.366. The van der Waals surface area contributed by atoms with Crippen LogP contribution in [0.2, 0.25) is 0 Å². The number of aromatic nitrogens is 3. The first-order valence-electron chi connectivity index (χ1n) is 8.50. The van der Waals surface area contributed by atoms with E-state index in [4.69, 9.17) is 0 Å². The molecule has 24 heavy (non-hydrogen) atoms. The molecule has 0 saturated heterocycles. The second kappa shape index (κ2) is 3.91. The molecule has 0 spiro atoms. The Bertz CT molecular complexity index is 1000. The van der Waals surface area contributed by atoms with Gasteiger partial charge in [0.1, 0.15) is 0 Å². The third-order valence-electron chi connectivity index (χ3n) is 6.54.